The molecular weight excluding hydrogens is 186 g/mol. The predicted molar refractivity (Wildman–Crippen MR) is 64.3 cm³/mol. The van der Waals surface area contributed by atoms with Gasteiger partial charge in [-0.1, -0.05) is 25.1 Å². The third-order valence-corrected chi connectivity index (χ3v) is 2.44. The van der Waals surface area contributed by atoms with Crippen LogP contribution >= 0.6 is 0 Å². The highest BCUT2D eigenvalue weighted by Gasteiger charge is 1.96. The topological polar surface area (TPSA) is 21.3 Å². The van der Waals surface area contributed by atoms with Gasteiger partial charge in [0, 0.05) is 6.04 Å². The van der Waals surface area contributed by atoms with Crippen LogP contribution in [0.4, 0.5) is 0 Å². The number of benzene rings is 1. The molecule has 15 heavy (non-hydrogen) atoms. The molecule has 84 valence electrons. The van der Waals surface area contributed by atoms with E-state index >= 15 is 0 Å². The number of rotatable bonds is 7. The molecule has 0 amide bonds. The molecule has 0 bridgehead atoms. The molecule has 0 saturated carbocycles. The van der Waals surface area contributed by atoms with Gasteiger partial charge in [-0.25, -0.2) is 0 Å². The summed E-state index contributed by atoms with van der Waals surface area (Å²) in [7, 11) is 0. The molecule has 1 N–H and O–H groups in total. The Hall–Kier alpha value is -1.02. The van der Waals surface area contributed by atoms with E-state index in [9.17, 15) is 0 Å². The maximum atomic E-state index is 5.58. The first kappa shape index (κ1) is 12.1. The van der Waals surface area contributed by atoms with E-state index in [0.717, 1.165) is 25.3 Å². The van der Waals surface area contributed by atoms with E-state index in [1.807, 2.05) is 30.3 Å². The van der Waals surface area contributed by atoms with Gasteiger partial charge in [-0.3, -0.25) is 0 Å². The van der Waals surface area contributed by atoms with Gasteiger partial charge < -0.3 is 10.1 Å². The molecular formula is C13H21NO. The fourth-order valence-corrected chi connectivity index (χ4v) is 1.27. The van der Waals surface area contributed by atoms with Gasteiger partial charge in [0.05, 0.1) is 6.61 Å². The third-order valence-electron chi connectivity index (χ3n) is 2.44. The number of nitrogens with one attached hydrogen (secondary N) is 1. The Morgan fingerprint density at radius 3 is 2.67 bits per heavy atom. The van der Waals surface area contributed by atoms with Crippen LogP contribution < -0.4 is 10.1 Å². The number of para-hydroxylation sites is 1. The monoisotopic (exact) mass is 207 g/mol. The van der Waals surface area contributed by atoms with Gasteiger partial charge in [-0.05, 0) is 38.4 Å². The van der Waals surface area contributed by atoms with Gasteiger partial charge in [-0.15, -0.1) is 0 Å². The van der Waals surface area contributed by atoms with E-state index in [-0.39, 0.29) is 0 Å². The maximum Gasteiger partial charge on any atom is 0.119 e. The third kappa shape index (κ3) is 5.43. The van der Waals surface area contributed by atoms with Gasteiger partial charge in [0.2, 0.25) is 0 Å². The molecule has 0 radical (unpaired) electrons. The van der Waals surface area contributed by atoms with E-state index in [1.165, 1.54) is 6.42 Å². The quantitative estimate of drug-likeness (QED) is 0.694. The highest BCUT2D eigenvalue weighted by atomic mass is 16.5. The van der Waals surface area contributed by atoms with Crippen molar-refractivity contribution >= 4 is 0 Å². The average molecular weight is 207 g/mol. The SMILES string of the molecule is CCC(C)NCCCOc1ccccc1. The fourth-order valence-electron chi connectivity index (χ4n) is 1.27. The van der Waals surface area contributed by atoms with Crippen LogP contribution in [0, 0.1) is 0 Å². The van der Waals surface area contributed by atoms with Crippen LogP contribution in [-0.4, -0.2) is 19.2 Å². The Bertz CT molecular complexity index is 248. The summed E-state index contributed by atoms with van der Waals surface area (Å²) in [5.74, 6) is 0.959. The summed E-state index contributed by atoms with van der Waals surface area (Å²) in [4.78, 5) is 0. The van der Waals surface area contributed by atoms with Crippen molar-refractivity contribution in [3.63, 3.8) is 0 Å². The van der Waals surface area contributed by atoms with Crippen LogP contribution in [0.2, 0.25) is 0 Å². The smallest absolute Gasteiger partial charge is 0.119 e. The molecule has 1 rings (SSSR count). The van der Waals surface area contributed by atoms with Crippen LogP contribution in [0.5, 0.6) is 5.75 Å². The van der Waals surface area contributed by atoms with Crippen molar-refractivity contribution in [3.8, 4) is 5.75 Å². The molecule has 0 aliphatic heterocycles. The lowest BCUT2D eigenvalue weighted by atomic mass is 10.2. The van der Waals surface area contributed by atoms with E-state index in [0.29, 0.717) is 6.04 Å². The molecule has 1 aromatic carbocycles. The molecule has 2 nitrogen and oxygen atoms in total. The van der Waals surface area contributed by atoms with Gasteiger partial charge in [0.1, 0.15) is 5.75 Å². The average Bonchev–Trinajstić information content (AvgIpc) is 2.29. The Morgan fingerprint density at radius 1 is 1.27 bits per heavy atom. The normalized spacial score (nSPS) is 12.4. The summed E-state index contributed by atoms with van der Waals surface area (Å²) < 4.78 is 5.58. The van der Waals surface area contributed by atoms with Gasteiger partial charge >= 0.3 is 0 Å². The molecule has 0 saturated heterocycles. The zero-order valence-corrected chi connectivity index (χ0v) is 9.70. The second kappa shape index (κ2) is 7.30. The highest BCUT2D eigenvalue weighted by Crippen LogP contribution is 2.07. The molecule has 2 heteroatoms. The first-order chi connectivity index (χ1) is 7.33. The predicted octanol–water partition coefficient (Wildman–Crippen LogP) is 2.84. The van der Waals surface area contributed by atoms with Gasteiger partial charge in [0.25, 0.3) is 0 Å². The van der Waals surface area contributed by atoms with Crippen LogP contribution in [0.25, 0.3) is 0 Å². The first-order valence-corrected chi connectivity index (χ1v) is 5.74. The summed E-state index contributed by atoms with van der Waals surface area (Å²) in [5.41, 5.74) is 0. The summed E-state index contributed by atoms with van der Waals surface area (Å²) in [6.45, 7) is 6.21. The fraction of sp³-hybridized carbons (Fsp3) is 0.538. The summed E-state index contributed by atoms with van der Waals surface area (Å²) in [5, 5.41) is 3.44. The molecule has 1 aromatic rings. The second-order valence-corrected chi connectivity index (χ2v) is 3.78. The van der Waals surface area contributed by atoms with Crippen molar-refractivity contribution < 1.29 is 4.74 Å². The summed E-state index contributed by atoms with van der Waals surface area (Å²) in [6, 6.07) is 10.6. The molecule has 0 fully saturated rings. The molecule has 0 heterocycles. The minimum Gasteiger partial charge on any atom is -0.494 e. The lowest BCUT2D eigenvalue weighted by Gasteiger charge is -2.11. The second-order valence-electron chi connectivity index (χ2n) is 3.78. The zero-order valence-electron chi connectivity index (χ0n) is 9.70. The minimum absolute atomic E-state index is 0.613. The maximum absolute atomic E-state index is 5.58. The molecule has 1 unspecified atom stereocenters. The van der Waals surface area contributed by atoms with E-state index < -0.39 is 0 Å². The highest BCUT2D eigenvalue weighted by molar-refractivity contribution is 5.20. The first-order valence-electron chi connectivity index (χ1n) is 5.74. The lowest BCUT2D eigenvalue weighted by Crippen LogP contribution is -2.27. The van der Waals surface area contributed by atoms with Crippen LogP contribution in [-0.2, 0) is 0 Å². The molecule has 0 aliphatic carbocycles. The Kier molecular flexibility index (Phi) is 5.86. The molecule has 1 atom stereocenters. The number of hydrogen-bond acceptors (Lipinski definition) is 2. The van der Waals surface area contributed by atoms with Crippen molar-refractivity contribution in [3.05, 3.63) is 30.3 Å². The van der Waals surface area contributed by atoms with Crippen molar-refractivity contribution in [2.75, 3.05) is 13.2 Å². The van der Waals surface area contributed by atoms with E-state index in [2.05, 4.69) is 19.2 Å². The standard InChI is InChI=1S/C13H21NO/c1-3-12(2)14-10-7-11-15-13-8-5-4-6-9-13/h4-6,8-9,12,14H,3,7,10-11H2,1-2H3. The van der Waals surface area contributed by atoms with E-state index in [4.69, 9.17) is 4.74 Å². The zero-order chi connectivity index (χ0) is 10.9. The van der Waals surface area contributed by atoms with Crippen molar-refractivity contribution in [2.45, 2.75) is 32.7 Å². The Balaban J connectivity index is 2.03. The Labute approximate surface area is 92.6 Å². The van der Waals surface area contributed by atoms with Crippen LogP contribution in [0.3, 0.4) is 0 Å². The van der Waals surface area contributed by atoms with E-state index in [1.54, 1.807) is 0 Å². The molecule has 0 aromatic heterocycles. The Morgan fingerprint density at radius 2 is 2.00 bits per heavy atom. The van der Waals surface area contributed by atoms with Crippen molar-refractivity contribution in [2.24, 2.45) is 0 Å². The minimum atomic E-state index is 0.613. The molecule has 0 aliphatic rings. The van der Waals surface area contributed by atoms with Crippen LogP contribution in [0.1, 0.15) is 26.7 Å². The number of ether oxygens (including phenoxy) is 1. The van der Waals surface area contributed by atoms with Crippen molar-refractivity contribution in [1.29, 1.82) is 0 Å². The largest absolute Gasteiger partial charge is 0.494 e. The van der Waals surface area contributed by atoms with Crippen molar-refractivity contribution in [1.82, 2.24) is 5.32 Å². The van der Waals surface area contributed by atoms with Gasteiger partial charge in [0.15, 0.2) is 0 Å². The number of hydrogen-bond donors (Lipinski definition) is 1. The van der Waals surface area contributed by atoms with Gasteiger partial charge in [-0.2, -0.15) is 0 Å². The summed E-state index contributed by atoms with van der Waals surface area (Å²) >= 11 is 0. The molecule has 0 spiro atoms. The lowest BCUT2D eigenvalue weighted by molar-refractivity contribution is 0.305. The summed E-state index contributed by atoms with van der Waals surface area (Å²) in [6.07, 6.45) is 2.23. The van der Waals surface area contributed by atoms with Crippen LogP contribution in [0.15, 0.2) is 30.3 Å².